The molecule has 0 amide bonds. The highest BCUT2D eigenvalue weighted by Crippen LogP contribution is 2.31. The first-order valence-electron chi connectivity index (χ1n) is 5.77. The van der Waals surface area contributed by atoms with Crippen LogP contribution in [0.3, 0.4) is 0 Å². The molecule has 0 saturated carbocycles. The Morgan fingerprint density at radius 3 is 2.63 bits per heavy atom. The lowest BCUT2D eigenvalue weighted by Gasteiger charge is -2.20. The molecule has 6 heteroatoms. The van der Waals surface area contributed by atoms with Gasteiger partial charge in [-0.1, -0.05) is 11.3 Å². The number of nitrogens with zero attached hydrogens (tertiary/aromatic N) is 1. The zero-order valence-electron chi connectivity index (χ0n) is 11.3. The molecular formula is C13H16N2O3S. The van der Waals surface area contributed by atoms with Crippen molar-refractivity contribution >= 4 is 32.7 Å². The van der Waals surface area contributed by atoms with Gasteiger partial charge in [0.2, 0.25) is 0 Å². The van der Waals surface area contributed by atoms with Crippen molar-refractivity contribution in [3.05, 3.63) is 17.7 Å². The molecule has 0 aliphatic carbocycles. The first-order chi connectivity index (χ1) is 8.80. The summed E-state index contributed by atoms with van der Waals surface area (Å²) in [7, 11) is 1.50. The summed E-state index contributed by atoms with van der Waals surface area (Å²) >= 11 is 1.32. The molecule has 1 aromatic carbocycles. The van der Waals surface area contributed by atoms with Crippen molar-refractivity contribution in [1.82, 2.24) is 4.98 Å². The average Bonchev–Trinajstić information content (AvgIpc) is 2.63. The van der Waals surface area contributed by atoms with Crippen molar-refractivity contribution in [3.8, 4) is 5.75 Å². The zero-order chi connectivity index (χ0) is 14.2. The normalized spacial score (nSPS) is 11.6. The minimum atomic E-state index is -0.552. The van der Waals surface area contributed by atoms with Gasteiger partial charge in [-0.3, -0.25) is 0 Å². The molecule has 0 unspecified atom stereocenters. The molecule has 0 fully saturated rings. The standard InChI is InChI=1S/C13H16N2O3S/c1-13(2,3)18-11(16)7-5-10-8(6-9(7)17-4)15-12(14)19-10/h5-6H,1-4H3,(H2,14,15). The van der Waals surface area contributed by atoms with Gasteiger partial charge in [0, 0.05) is 6.07 Å². The van der Waals surface area contributed by atoms with Crippen LogP contribution >= 0.6 is 11.3 Å². The number of aromatic nitrogens is 1. The van der Waals surface area contributed by atoms with Gasteiger partial charge < -0.3 is 15.2 Å². The number of fused-ring (bicyclic) bond motifs is 1. The van der Waals surface area contributed by atoms with Crippen LogP contribution in [0.2, 0.25) is 0 Å². The van der Waals surface area contributed by atoms with Crippen molar-refractivity contribution in [2.75, 3.05) is 12.8 Å². The van der Waals surface area contributed by atoms with Gasteiger partial charge in [0.05, 0.1) is 17.3 Å². The molecule has 0 saturated heterocycles. The van der Waals surface area contributed by atoms with Crippen LogP contribution in [-0.4, -0.2) is 23.7 Å². The number of methoxy groups -OCH3 is 1. The summed E-state index contributed by atoms with van der Waals surface area (Å²) < 4.78 is 11.4. The summed E-state index contributed by atoms with van der Waals surface area (Å²) in [5.41, 5.74) is 6.21. The number of thiazole rings is 1. The second kappa shape index (κ2) is 4.70. The van der Waals surface area contributed by atoms with Crippen molar-refractivity contribution in [2.45, 2.75) is 26.4 Å². The lowest BCUT2D eigenvalue weighted by atomic mass is 10.1. The number of anilines is 1. The Bertz CT molecular complexity index is 629. The van der Waals surface area contributed by atoms with Gasteiger partial charge in [0.1, 0.15) is 16.9 Å². The Morgan fingerprint density at radius 2 is 2.05 bits per heavy atom. The average molecular weight is 280 g/mol. The van der Waals surface area contributed by atoms with E-state index in [-0.39, 0.29) is 0 Å². The molecule has 0 spiro atoms. The van der Waals surface area contributed by atoms with E-state index in [1.807, 2.05) is 20.8 Å². The number of nitrogen functional groups attached to an aromatic ring is 1. The van der Waals surface area contributed by atoms with E-state index in [1.54, 1.807) is 12.1 Å². The molecule has 1 heterocycles. The van der Waals surface area contributed by atoms with Gasteiger partial charge in [-0.05, 0) is 26.8 Å². The molecule has 0 aliphatic heterocycles. The summed E-state index contributed by atoms with van der Waals surface area (Å²) in [6.45, 7) is 5.46. The SMILES string of the molecule is COc1cc2nc(N)sc2cc1C(=O)OC(C)(C)C. The van der Waals surface area contributed by atoms with Gasteiger partial charge >= 0.3 is 5.97 Å². The number of nitrogens with two attached hydrogens (primary N) is 1. The van der Waals surface area contributed by atoms with Crippen LogP contribution in [0.1, 0.15) is 31.1 Å². The molecule has 5 nitrogen and oxygen atoms in total. The molecule has 0 aliphatic rings. The lowest BCUT2D eigenvalue weighted by Crippen LogP contribution is -2.24. The van der Waals surface area contributed by atoms with Gasteiger partial charge in [0.25, 0.3) is 0 Å². The zero-order valence-corrected chi connectivity index (χ0v) is 12.1. The van der Waals surface area contributed by atoms with Crippen molar-refractivity contribution < 1.29 is 14.3 Å². The quantitative estimate of drug-likeness (QED) is 0.856. The third-order valence-corrected chi connectivity index (χ3v) is 3.19. The summed E-state index contributed by atoms with van der Waals surface area (Å²) in [6, 6.07) is 3.40. The minimum Gasteiger partial charge on any atom is -0.496 e. The van der Waals surface area contributed by atoms with Crippen LogP contribution < -0.4 is 10.5 Å². The molecule has 2 N–H and O–H groups in total. The van der Waals surface area contributed by atoms with E-state index >= 15 is 0 Å². The third kappa shape index (κ3) is 2.96. The van der Waals surface area contributed by atoms with Gasteiger partial charge in [-0.2, -0.15) is 0 Å². The molecule has 0 radical (unpaired) electrons. The van der Waals surface area contributed by atoms with Crippen LogP contribution in [0.25, 0.3) is 10.2 Å². The number of benzene rings is 1. The molecule has 0 bridgehead atoms. The molecular weight excluding hydrogens is 264 g/mol. The Hall–Kier alpha value is -1.82. The first-order valence-corrected chi connectivity index (χ1v) is 6.59. The number of hydrogen-bond donors (Lipinski definition) is 1. The minimum absolute atomic E-state index is 0.383. The summed E-state index contributed by atoms with van der Waals surface area (Å²) in [6.07, 6.45) is 0. The predicted octanol–water partition coefficient (Wildman–Crippen LogP) is 2.84. The maximum atomic E-state index is 12.1. The van der Waals surface area contributed by atoms with Crippen LogP contribution in [0.5, 0.6) is 5.75 Å². The number of ether oxygens (including phenoxy) is 2. The van der Waals surface area contributed by atoms with Crippen molar-refractivity contribution in [1.29, 1.82) is 0 Å². The molecule has 19 heavy (non-hydrogen) atoms. The van der Waals surface area contributed by atoms with Crippen LogP contribution in [0.15, 0.2) is 12.1 Å². The number of rotatable bonds is 2. The highest BCUT2D eigenvalue weighted by molar-refractivity contribution is 7.22. The summed E-state index contributed by atoms with van der Waals surface area (Å²) in [5, 5.41) is 0.457. The molecule has 2 aromatic rings. The number of hydrogen-bond acceptors (Lipinski definition) is 6. The largest absolute Gasteiger partial charge is 0.496 e. The Kier molecular flexibility index (Phi) is 3.36. The smallest absolute Gasteiger partial charge is 0.342 e. The van der Waals surface area contributed by atoms with E-state index in [2.05, 4.69) is 4.98 Å². The molecule has 0 atom stereocenters. The van der Waals surface area contributed by atoms with E-state index in [0.29, 0.717) is 22.0 Å². The van der Waals surface area contributed by atoms with E-state index in [4.69, 9.17) is 15.2 Å². The highest BCUT2D eigenvalue weighted by atomic mass is 32.1. The van der Waals surface area contributed by atoms with Crippen LogP contribution in [-0.2, 0) is 4.74 Å². The second-order valence-electron chi connectivity index (χ2n) is 5.07. The maximum absolute atomic E-state index is 12.1. The molecule has 2 rings (SSSR count). The monoisotopic (exact) mass is 280 g/mol. The lowest BCUT2D eigenvalue weighted by molar-refractivity contribution is 0.00668. The maximum Gasteiger partial charge on any atom is 0.342 e. The van der Waals surface area contributed by atoms with Crippen LogP contribution in [0.4, 0.5) is 5.13 Å². The topological polar surface area (TPSA) is 74.4 Å². The van der Waals surface area contributed by atoms with Crippen LogP contribution in [0, 0.1) is 0 Å². The number of carbonyl (C=O) groups is 1. The van der Waals surface area contributed by atoms with Gasteiger partial charge in [0.15, 0.2) is 5.13 Å². The third-order valence-electron chi connectivity index (χ3n) is 2.35. The second-order valence-corrected chi connectivity index (χ2v) is 6.14. The Balaban J connectivity index is 2.48. The van der Waals surface area contributed by atoms with Crippen molar-refractivity contribution in [3.63, 3.8) is 0 Å². The van der Waals surface area contributed by atoms with Gasteiger partial charge in [-0.15, -0.1) is 0 Å². The number of carbonyl (C=O) groups excluding carboxylic acids is 1. The Morgan fingerprint density at radius 1 is 1.37 bits per heavy atom. The highest BCUT2D eigenvalue weighted by Gasteiger charge is 2.22. The van der Waals surface area contributed by atoms with E-state index in [9.17, 15) is 4.79 Å². The fraction of sp³-hybridized carbons (Fsp3) is 0.385. The summed E-state index contributed by atoms with van der Waals surface area (Å²) in [5.74, 6) is 0.0188. The van der Waals surface area contributed by atoms with E-state index < -0.39 is 11.6 Å². The predicted molar refractivity (Wildman–Crippen MR) is 75.8 cm³/mol. The van der Waals surface area contributed by atoms with Crippen molar-refractivity contribution in [2.24, 2.45) is 0 Å². The Labute approximate surface area is 115 Å². The van der Waals surface area contributed by atoms with E-state index in [0.717, 1.165) is 4.70 Å². The fourth-order valence-corrected chi connectivity index (χ4v) is 2.39. The summed E-state index contributed by atoms with van der Waals surface area (Å²) in [4.78, 5) is 16.3. The molecule has 1 aromatic heterocycles. The number of esters is 1. The van der Waals surface area contributed by atoms with Gasteiger partial charge in [-0.25, -0.2) is 9.78 Å². The van der Waals surface area contributed by atoms with E-state index in [1.165, 1.54) is 18.4 Å². The molecule has 102 valence electrons. The fourth-order valence-electron chi connectivity index (χ4n) is 1.63. The first kappa shape index (κ1) is 13.6.